The number of aliphatic hydroxyl groups is 1. The summed E-state index contributed by atoms with van der Waals surface area (Å²) in [4.78, 5) is 23.2. The van der Waals surface area contributed by atoms with Crippen LogP contribution < -0.4 is 5.11 Å². The molecule has 2 rings (SSSR count). The van der Waals surface area contributed by atoms with Gasteiger partial charge >= 0.3 is 0 Å². The zero-order chi connectivity index (χ0) is 13.8. The zero-order valence-electron chi connectivity index (χ0n) is 10.00. The van der Waals surface area contributed by atoms with Gasteiger partial charge in [0.05, 0.1) is 12.6 Å². The Labute approximate surface area is 109 Å². The highest BCUT2D eigenvalue weighted by molar-refractivity contribution is 6.13. The minimum atomic E-state index is -1.38. The Morgan fingerprint density at radius 2 is 1.53 bits per heavy atom. The largest absolute Gasteiger partial charge is 0.545 e. The first-order valence-corrected chi connectivity index (χ1v) is 5.68. The molecular formula is C15H11O4-. The second-order valence-electron chi connectivity index (χ2n) is 4.02. The summed E-state index contributed by atoms with van der Waals surface area (Å²) in [5.74, 6) is -1.76. The molecule has 0 bridgehead atoms. The Morgan fingerprint density at radius 3 is 2.05 bits per heavy atom. The Morgan fingerprint density at radius 1 is 0.947 bits per heavy atom. The van der Waals surface area contributed by atoms with Gasteiger partial charge in [0.1, 0.15) is 0 Å². The minimum Gasteiger partial charge on any atom is -0.545 e. The molecule has 0 unspecified atom stereocenters. The third-order valence-electron chi connectivity index (χ3n) is 2.79. The zero-order valence-corrected chi connectivity index (χ0v) is 10.00. The van der Waals surface area contributed by atoms with Gasteiger partial charge in [-0.15, -0.1) is 0 Å². The van der Waals surface area contributed by atoms with Crippen molar-refractivity contribution in [1.29, 1.82) is 0 Å². The Hall–Kier alpha value is -2.46. The van der Waals surface area contributed by atoms with Gasteiger partial charge in [-0.1, -0.05) is 48.5 Å². The van der Waals surface area contributed by atoms with Gasteiger partial charge in [0.15, 0.2) is 5.78 Å². The molecule has 0 amide bonds. The van der Waals surface area contributed by atoms with E-state index in [2.05, 4.69) is 0 Å². The van der Waals surface area contributed by atoms with Crippen LogP contribution in [0.4, 0.5) is 0 Å². The fourth-order valence-electron chi connectivity index (χ4n) is 1.78. The highest BCUT2D eigenvalue weighted by atomic mass is 16.4. The van der Waals surface area contributed by atoms with Crippen LogP contribution in [0, 0.1) is 0 Å². The number of ketones is 1. The molecule has 4 nitrogen and oxygen atoms in total. The predicted octanol–water partition coefficient (Wildman–Crippen LogP) is 0.773. The fourth-order valence-corrected chi connectivity index (χ4v) is 1.78. The van der Waals surface area contributed by atoms with E-state index in [0.717, 1.165) is 0 Å². The van der Waals surface area contributed by atoms with Gasteiger partial charge in [-0.05, 0) is 5.56 Å². The Kier molecular flexibility index (Phi) is 3.73. The summed E-state index contributed by atoms with van der Waals surface area (Å²) in [6.07, 6.45) is 0. The van der Waals surface area contributed by atoms with Crippen LogP contribution in [0.2, 0.25) is 0 Å². The molecule has 0 aliphatic rings. The van der Waals surface area contributed by atoms with Gasteiger partial charge in [-0.2, -0.15) is 0 Å². The molecule has 0 spiro atoms. The van der Waals surface area contributed by atoms with Crippen LogP contribution >= 0.6 is 0 Å². The molecule has 0 saturated heterocycles. The normalized spacial score (nSPS) is 10.2. The maximum Gasteiger partial charge on any atom is 0.193 e. The van der Waals surface area contributed by atoms with E-state index in [1.165, 1.54) is 18.2 Å². The van der Waals surface area contributed by atoms with E-state index in [1.807, 2.05) is 0 Å². The predicted molar refractivity (Wildman–Crippen MR) is 66.6 cm³/mol. The number of benzene rings is 2. The van der Waals surface area contributed by atoms with Gasteiger partial charge in [-0.3, -0.25) is 4.79 Å². The van der Waals surface area contributed by atoms with Gasteiger partial charge in [0.25, 0.3) is 0 Å². The fraction of sp³-hybridized carbons (Fsp3) is 0.0667. The second kappa shape index (κ2) is 5.46. The van der Waals surface area contributed by atoms with Crippen LogP contribution in [-0.2, 0) is 6.61 Å². The molecule has 0 atom stereocenters. The SMILES string of the molecule is O=C([O-])c1ccccc1C(=O)c1ccc(CO)cc1. The minimum absolute atomic E-state index is 0.0965. The van der Waals surface area contributed by atoms with Gasteiger partial charge in [0.2, 0.25) is 0 Å². The first-order chi connectivity index (χ1) is 9.13. The lowest BCUT2D eigenvalue weighted by molar-refractivity contribution is -0.255. The van der Waals surface area contributed by atoms with Crippen molar-refractivity contribution in [3.63, 3.8) is 0 Å². The molecular weight excluding hydrogens is 244 g/mol. The first kappa shape index (κ1) is 13.0. The summed E-state index contributed by atoms with van der Waals surface area (Å²) < 4.78 is 0. The topological polar surface area (TPSA) is 77.4 Å². The van der Waals surface area contributed by atoms with Crippen molar-refractivity contribution < 1.29 is 19.8 Å². The van der Waals surface area contributed by atoms with E-state index < -0.39 is 5.97 Å². The van der Waals surface area contributed by atoms with Crippen LogP contribution in [0.3, 0.4) is 0 Å². The second-order valence-corrected chi connectivity index (χ2v) is 4.02. The van der Waals surface area contributed by atoms with Crippen molar-refractivity contribution >= 4 is 11.8 Å². The van der Waals surface area contributed by atoms with E-state index in [1.54, 1.807) is 30.3 Å². The van der Waals surface area contributed by atoms with E-state index in [9.17, 15) is 14.7 Å². The number of carbonyl (C=O) groups excluding carboxylic acids is 2. The monoisotopic (exact) mass is 255 g/mol. The molecule has 1 N–H and O–H groups in total. The third-order valence-corrected chi connectivity index (χ3v) is 2.79. The van der Waals surface area contributed by atoms with Crippen molar-refractivity contribution in [3.8, 4) is 0 Å². The van der Waals surface area contributed by atoms with Crippen LogP contribution in [-0.4, -0.2) is 16.9 Å². The van der Waals surface area contributed by atoms with Gasteiger partial charge in [0, 0.05) is 16.7 Å². The molecule has 0 heterocycles. The van der Waals surface area contributed by atoms with Crippen molar-refractivity contribution in [2.24, 2.45) is 0 Å². The number of carboxylic acids is 1. The molecule has 4 heteroatoms. The van der Waals surface area contributed by atoms with Crippen molar-refractivity contribution in [2.45, 2.75) is 6.61 Å². The number of aliphatic hydroxyl groups excluding tert-OH is 1. The number of aromatic carboxylic acids is 1. The average Bonchev–Trinajstić information content (AvgIpc) is 2.46. The summed E-state index contributed by atoms with van der Waals surface area (Å²) in [6, 6.07) is 12.3. The molecule has 2 aromatic rings. The maximum absolute atomic E-state index is 12.2. The standard InChI is InChI=1S/C15H12O4/c16-9-10-5-7-11(8-6-10)14(17)12-3-1-2-4-13(12)15(18)19/h1-8,16H,9H2,(H,18,19)/p-1. The number of carboxylic acid groups (broad SMARTS) is 1. The molecule has 0 radical (unpaired) electrons. The highest BCUT2D eigenvalue weighted by Crippen LogP contribution is 2.15. The smallest absolute Gasteiger partial charge is 0.193 e. The lowest BCUT2D eigenvalue weighted by Crippen LogP contribution is -2.25. The van der Waals surface area contributed by atoms with E-state index in [4.69, 9.17) is 5.11 Å². The van der Waals surface area contributed by atoms with E-state index in [-0.39, 0.29) is 23.5 Å². The summed E-state index contributed by atoms with van der Waals surface area (Å²) in [6.45, 7) is -0.107. The lowest BCUT2D eigenvalue weighted by Gasteiger charge is -2.09. The summed E-state index contributed by atoms with van der Waals surface area (Å²) in [5, 5.41) is 19.9. The van der Waals surface area contributed by atoms with E-state index in [0.29, 0.717) is 11.1 Å². The number of hydrogen-bond donors (Lipinski definition) is 1. The van der Waals surface area contributed by atoms with Crippen molar-refractivity contribution in [3.05, 3.63) is 70.8 Å². The van der Waals surface area contributed by atoms with Crippen LogP contribution in [0.15, 0.2) is 48.5 Å². The third kappa shape index (κ3) is 2.69. The maximum atomic E-state index is 12.2. The summed E-state index contributed by atoms with van der Waals surface area (Å²) in [7, 11) is 0. The highest BCUT2D eigenvalue weighted by Gasteiger charge is 2.13. The van der Waals surface area contributed by atoms with Gasteiger partial charge in [-0.25, -0.2) is 0 Å². The molecule has 0 aliphatic heterocycles. The number of carbonyl (C=O) groups is 2. The van der Waals surface area contributed by atoms with Crippen molar-refractivity contribution in [2.75, 3.05) is 0 Å². The summed E-state index contributed by atoms with van der Waals surface area (Å²) in [5.41, 5.74) is 1.02. The molecule has 2 aromatic carbocycles. The number of hydrogen-bond acceptors (Lipinski definition) is 4. The van der Waals surface area contributed by atoms with E-state index >= 15 is 0 Å². The first-order valence-electron chi connectivity index (χ1n) is 5.68. The molecule has 0 aromatic heterocycles. The molecule has 96 valence electrons. The molecule has 0 aliphatic carbocycles. The lowest BCUT2D eigenvalue weighted by atomic mass is 9.98. The number of rotatable bonds is 4. The Balaban J connectivity index is 2.41. The molecule has 0 fully saturated rings. The quantitative estimate of drug-likeness (QED) is 0.819. The van der Waals surface area contributed by atoms with Crippen LogP contribution in [0.5, 0.6) is 0 Å². The van der Waals surface area contributed by atoms with Crippen LogP contribution in [0.25, 0.3) is 0 Å². The summed E-state index contributed by atoms with van der Waals surface area (Å²) >= 11 is 0. The van der Waals surface area contributed by atoms with Crippen molar-refractivity contribution in [1.82, 2.24) is 0 Å². The van der Waals surface area contributed by atoms with Crippen LogP contribution in [0.1, 0.15) is 31.8 Å². The average molecular weight is 255 g/mol. The molecule has 19 heavy (non-hydrogen) atoms. The van der Waals surface area contributed by atoms with Gasteiger partial charge < -0.3 is 15.0 Å². The Bertz CT molecular complexity index is 614. The molecule has 0 saturated carbocycles.